The Morgan fingerprint density at radius 2 is 1.00 bits per heavy atom. The van der Waals surface area contributed by atoms with Crippen molar-refractivity contribution >= 4 is 23.5 Å². The molecule has 8 heteroatoms. The molecule has 0 bridgehead atoms. The van der Waals surface area contributed by atoms with Gasteiger partial charge < -0.3 is 20.4 Å². The van der Waals surface area contributed by atoms with Crippen LogP contribution in [0.4, 0.5) is 0 Å². The van der Waals surface area contributed by atoms with Crippen molar-refractivity contribution in [3.8, 4) is 0 Å². The van der Waals surface area contributed by atoms with E-state index in [4.69, 9.17) is 0 Å². The van der Waals surface area contributed by atoms with E-state index in [1.807, 2.05) is 0 Å². The second-order valence-corrected chi connectivity index (χ2v) is 6.43. The van der Waals surface area contributed by atoms with Crippen molar-refractivity contribution in [1.29, 1.82) is 0 Å². The first-order chi connectivity index (χ1) is 13.0. The minimum absolute atomic E-state index is 0.374. The Morgan fingerprint density at radius 1 is 0.679 bits per heavy atom. The van der Waals surface area contributed by atoms with Crippen LogP contribution in [-0.2, 0) is 9.59 Å². The molecule has 0 aromatic heterocycles. The maximum Gasteiger partial charge on any atom is 0.348 e. The maximum absolute atomic E-state index is 12.8. The second-order valence-electron chi connectivity index (χ2n) is 6.43. The number of carbonyl (C=O) groups is 4. The molecule has 2 aromatic carbocycles. The van der Waals surface area contributed by atoms with Crippen LogP contribution >= 0.6 is 0 Å². The van der Waals surface area contributed by atoms with Gasteiger partial charge in [-0.1, -0.05) is 47.5 Å². The summed E-state index contributed by atoms with van der Waals surface area (Å²) in [5.74, 6) is -8.00. The van der Waals surface area contributed by atoms with E-state index >= 15 is 0 Å². The van der Waals surface area contributed by atoms with Gasteiger partial charge in [-0.3, -0.25) is 9.59 Å². The quantitative estimate of drug-likeness (QED) is 0.407. The number of hydrogen-bond acceptors (Lipinski definition) is 6. The number of benzene rings is 2. The summed E-state index contributed by atoms with van der Waals surface area (Å²) in [5, 5.41) is 40.4. The molecule has 0 spiro atoms. The minimum Gasteiger partial charge on any atom is -0.479 e. The third-order valence-electron chi connectivity index (χ3n) is 4.36. The number of carboxylic acid groups (broad SMARTS) is 2. The molecule has 0 aliphatic carbocycles. The zero-order valence-electron chi connectivity index (χ0n) is 15.0. The number of aryl methyl sites for hydroxylation is 2. The van der Waals surface area contributed by atoms with Crippen LogP contribution < -0.4 is 0 Å². The molecule has 0 saturated carbocycles. The molecule has 0 heterocycles. The number of hydrogen-bond donors (Lipinski definition) is 4. The summed E-state index contributed by atoms with van der Waals surface area (Å²) in [7, 11) is 0. The van der Waals surface area contributed by atoms with Crippen molar-refractivity contribution in [3.63, 3.8) is 0 Å². The van der Waals surface area contributed by atoms with Crippen molar-refractivity contribution in [3.05, 3.63) is 70.8 Å². The van der Waals surface area contributed by atoms with E-state index in [1.54, 1.807) is 26.0 Å². The highest BCUT2D eigenvalue weighted by molar-refractivity contribution is 6.28. The van der Waals surface area contributed by atoms with E-state index in [0.717, 1.165) is 12.1 Å². The molecule has 2 aromatic rings. The highest BCUT2D eigenvalue weighted by Gasteiger charge is 2.69. The van der Waals surface area contributed by atoms with Crippen LogP contribution in [0.1, 0.15) is 31.8 Å². The number of aliphatic hydroxyl groups is 2. The molecule has 2 rings (SSSR count). The lowest BCUT2D eigenvalue weighted by atomic mass is 9.73. The molecule has 2 atom stereocenters. The van der Waals surface area contributed by atoms with Crippen molar-refractivity contribution in [2.45, 2.75) is 25.0 Å². The van der Waals surface area contributed by atoms with E-state index in [1.165, 1.54) is 24.3 Å². The summed E-state index contributed by atoms with van der Waals surface area (Å²) in [6, 6.07) is 10.6. The molecule has 0 amide bonds. The van der Waals surface area contributed by atoms with Gasteiger partial charge in [-0.05, 0) is 26.0 Å². The summed E-state index contributed by atoms with van der Waals surface area (Å²) in [5.41, 5.74) is -7.64. The average molecular weight is 386 g/mol. The first-order valence-corrected chi connectivity index (χ1v) is 8.10. The lowest BCUT2D eigenvalue weighted by molar-refractivity contribution is -0.187. The minimum atomic E-state index is -3.96. The van der Waals surface area contributed by atoms with Gasteiger partial charge in [0.05, 0.1) is 0 Å². The molecular formula is C20H18O8. The standard InChI is InChI=1S/C20H18O8/c1-11-5-3-7-13(9-11)15(21)19(27,17(23)24)20(28,18(25)26)16(22)14-8-4-6-12(2)10-14/h3-10,27-28H,1-2H3,(H,23,24)(H,25,26). The Morgan fingerprint density at radius 3 is 1.25 bits per heavy atom. The lowest BCUT2D eigenvalue weighted by Crippen LogP contribution is -2.71. The zero-order chi connectivity index (χ0) is 21.3. The SMILES string of the molecule is Cc1cccc(C(=O)C(O)(C(=O)O)C(O)(C(=O)O)C(=O)c2cccc(C)c2)c1. The summed E-state index contributed by atoms with van der Waals surface area (Å²) >= 11 is 0. The molecule has 2 unspecified atom stereocenters. The highest BCUT2D eigenvalue weighted by Crippen LogP contribution is 2.32. The van der Waals surface area contributed by atoms with Crippen LogP contribution in [0.2, 0.25) is 0 Å². The number of carbonyl (C=O) groups excluding carboxylic acids is 2. The third-order valence-corrected chi connectivity index (χ3v) is 4.36. The van der Waals surface area contributed by atoms with Crippen LogP contribution in [0.15, 0.2) is 48.5 Å². The topological polar surface area (TPSA) is 149 Å². The number of aliphatic carboxylic acids is 2. The van der Waals surface area contributed by atoms with Crippen LogP contribution in [0, 0.1) is 13.8 Å². The number of ketones is 2. The lowest BCUT2D eigenvalue weighted by Gasteiger charge is -2.34. The van der Waals surface area contributed by atoms with Crippen LogP contribution in [0.5, 0.6) is 0 Å². The van der Waals surface area contributed by atoms with Gasteiger partial charge in [0.15, 0.2) is 0 Å². The van der Waals surface area contributed by atoms with E-state index in [2.05, 4.69) is 0 Å². The van der Waals surface area contributed by atoms with Gasteiger partial charge in [0.25, 0.3) is 11.2 Å². The fourth-order valence-electron chi connectivity index (χ4n) is 2.82. The van der Waals surface area contributed by atoms with Gasteiger partial charge in [-0.25, -0.2) is 9.59 Å². The average Bonchev–Trinajstić information content (AvgIpc) is 2.65. The summed E-state index contributed by atoms with van der Waals surface area (Å²) in [4.78, 5) is 49.3. The van der Waals surface area contributed by atoms with Gasteiger partial charge in [0, 0.05) is 11.1 Å². The molecule has 0 aliphatic heterocycles. The van der Waals surface area contributed by atoms with Crippen molar-refractivity contribution < 1.29 is 39.6 Å². The second kappa shape index (κ2) is 7.34. The Labute approximate surface area is 159 Å². The molecule has 0 fully saturated rings. The van der Waals surface area contributed by atoms with Crippen molar-refractivity contribution in [2.75, 3.05) is 0 Å². The van der Waals surface area contributed by atoms with Gasteiger partial charge in [-0.15, -0.1) is 0 Å². The fourth-order valence-corrected chi connectivity index (χ4v) is 2.82. The van der Waals surface area contributed by atoms with Gasteiger partial charge in [0.2, 0.25) is 11.6 Å². The summed E-state index contributed by atoms with van der Waals surface area (Å²) in [6.45, 7) is 3.16. The summed E-state index contributed by atoms with van der Waals surface area (Å²) in [6.07, 6.45) is 0. The van der Waals surface area contributed by atoms with E-state index in [0.29, 0.717) is 11.1 Å². The molecule has 28 heavy (non-hydrogen) atoms. The Bertz CT molecular complexity index is 900. The fraction of sp³-hybridized carbons (Fsp3) is 0.200. The van der Waals surface area contributed by atoms with Gasteiger partial charge in [-0.2, -0.15) is 0 Å². The van der Waals surface area contributed by atoms with Crippen LogP contribution in [-0.4, -0.2) is 55.1 Å². The molecule has 146 valence electrons. The molecule has 0 radical (unpaired) electrons. The number of carboxylic acids is 2. The van der Waals surface area contributed by atoms with E-state index in [-0.39, 0.29) is 11.1 Å². The number of rotatable bonds is 7. The van der Waals surface area contributed by atoms with Crippen molar-refractivity contribution in [1.82, 2.24) is 0 Å². The normalized spacial score (nSPS) is 15.1. The molecule has 0 saturated heterocycles. The smallest absolute Gasteiger partial charge is 0.348 e. The maximum atomic E-state index is 12.8. The Hall–Kier alpha value is -3.36. The van der Waals surface area contributed by atoms with Crippen LogP contribution in [0.3, 0.4) is 0 Å². The largest absolute Gasteiger partial charge is 0.479 e. The summed E-state index contributed by atoms with van der Waals surface area (Å²) < 4.78 is 0. The third kappa shape index (κ3) is 3.19. The van der Waals surface area contributed by atoms with Gasteiger partial charge in [0.1, 0.15) is 0 Å². The molecule has 4 N–H and O–H groups in total. The predicted octanol–water partition coefficient (Wildman–Crippen LogP) is 1.00. The molecule has 0 aliphatic rings. The molecular weight excluding hydrogens is 368 g/mol. The van der Waals surface area contributed by atoms with E-state index in [9.17, 15) is 39.6 Å². The van der Waals surface area contributed by atoms with Gasteiger partial charge >= 0.3 is 11.9 Å². The monoisotopic (exact) mass is 386 g/mol. The van der Waals surface area contributed by atoms with Crippen molar-refractivity contribution in [2.24, 2.45) is 0 Å². The highest BCUT2D eigenvalue weighted by atomic mass is 16.5. The predicted molar refractivity (Wildman–Crippen MR) is 96.2 cm³/mol. The first-order valence-electron chi connectivity index (χ1n) is 8.10. The molecule has 8 nitrogen and oxygen atoms in total. The number of Topliss-reactive ketones (excluding diaryl/α,β-unsaturated/α-hetero) is 2. The van der Waals surface area contributed by atoms with Crippen LogP contribution in [0.25, 0.3) is 0 Å². The Balaban J connectivity index is 2.74. The van der Waals surface area contributed by atoms with E-state index < -0.39 is 34.7 Å². The zero-order valence-corrected chi connectivity index (χ0v) is 15.0. The first kappa shape index (κ1) is 20.9. The Kier molecular flexibility index (Phi) is 5.49.